The molecular weight excluding hydrogens is 396 g/mol. The molecule has 2 aromatic carbocycles. The van der Waals surface area contributed by atoms with Crippen LogP contribution in [0.5, 0.6) is 5.75 Å². The average molecular weight is 422 g/mol. The first kappa shape index (κ1) is 22.0. The van der Waals surface area contributed by atoms with E-state index < -0.39 is 11.8 Å². The molecule has 0 spiro atoms. The third kappa shape index (κ3) is 6.15. The van der Waals surface area contributed by atoms with E-state index >= 15 is 0 Å². The van der Waals surface area contributed by atoms with Crippen molar-refractivity contribution in [1.82, 2.24) is 10.7 Å². The molecule has 1 saturated carbocycles. The molecular formula is C23H26N4O4. The molecule has 0 heterocycles. The highest BCUT2D eigenvalue weighted by atomic mass is 16.5. The van der Waals surface area contributed by atoms with Crippen LogP contribution in [0.25, 0.3) is 0 Å². The van der Waals surface area contributed by atoms with E-state index in [1.165, 1.54) is 19.7 Å². The molecule has 0 unspecified atom stereocenters. The second-order valence-corrected chi connectivity index (χ2v) is 7.25. The number of hydrazone groups is 1. The van der Waals surface area contributed by atoms with E-state index in [0.717, 1.165) is 25.7 Å². The molecule has 1 aliphatic rings. The Labute approximate surface area is 181 Å². The van der Waals surface area contributed by atoms with Crippen molar-refractivity contribution in [3.05, 3.63) is 59.7 Å². The third-order valence-corrected chi connectivity index (χ3v) is 5.08. The van der Waals surface area contributed by atoms with E-state index in [2.05, 4.69) is 21.2 Å². The number of nitrogens with one attached hydrogen (secondary N) is 3. The second kappa shape index (κ2) is 10.9. The number of carbonyl (C=O) groups is 3. The maximum absolute atomic E-state index is 12.7. The Hall–Kier alpha value is -3.68. The molecule has 8 nitrogen and oxygen atoms in total. The Morgan fingerprint density at radius 1 is 0.968 bits per heavy atom. The van der Waals surface area contributed by atoms with Gasteiger partial charge in [0, 0.05) is 11.6 Å². The Morgan fingerprint density at radius 3 is 2.45 bits per heavy atom. The fourth-order valence-corrected chi connectivity index (χ4v) is 3.46. The van der Waals surface area contributed by atoms with E-state index in [1.54, 1.807) is 42.5 Å². The monoisotopic (exact) mass is 422 g/mol. The minimum atomic E-state index is -0.950. The lowest BCUT2D eigenvalue weighted by molar-refractivity contribution is -0.136. The van der Waals surface area contributed by atoms with Gasteiger partial charge in [-0.2, -0.15) is 5.10 Å². The predicted molar refractivity (Wildman–Crippen MR) is 118 cm³/mol. The highest BCUT2D eigenvalue weighted by Crippen LogP contribution is 2.20. The summed E-state index contributed by atoms with van der Waals surface area (Å²) >= 11 is 0. The second-order valence-electron chi connectivity index (χ2n) is 7.25. The highest BCUT2D eigenvalue weighted by Gasteiger charge is 2.20. The van der Waals surface area contributed by atoms with E-state index in [-0.39, 0.29) is 17.6 Å². The molecule has 8 heteroatoms. The summed E-state index contributed by atoms with van der Waals surface area (Å²) in [5.74, 6) is -1.55. The zero-order valence-electron chi connectivity index (χ0n) is 17.4. The van der Waals surface area contributed by atoms with E-state index in [9.17, 15) is 14.4 Å². The summed E-state index contributed by atoms with van der Waals surface area (Å²) in [5, 5.41) is 9.31. The largest absolute Gasteiger partial charge is 0.496 e. The number of anilines is 1. The number of nitrogens with zero attached hydrogens (tertiary/aromatic N) is 1. The minimum absolute atomic E-state index is 0.137. The van der Waals surface area contributed by atoms with Gasteiger partial charge in [-0.15, -0.1) is 0 Å². The van der Waals surface area contributed by atoms with Gasteiger partial charge in [-0.25, -0.2) is 5.43 Å². The number of rotatable bonds is 6. The van der Waals surface area contributed by atoms with Gasteiger partial charge in [-0.3, -0.25) is 14.4 Å². The molecule has 0 aliphatic heterocycles. The molecule has 0 saturated heterocycles. The summed E-state index contributed by atoms with van der Waals surface area (Å²) < 4.78 is 5.20. The van der Waals surface area contributed by atoms with Gasteiger partial charge in [0.05, 0.1) is 24.6 Å². The van der Waals surface area contributed by atoms with Crippen LogP contribution in [0.15, 0.2) is 53.6 Å². The number of hydrogen-bond acceptors (Lipinski definition) is 5. The molecule has 3 amide bonds. The predicted octanol–water partition coefficient (Wildman–Crippen LogP) is 2.85. The van der Waals surface area contributed by atoms with Crippen molar-refractivity contribution in [2.24, 2.45) is 5.10 Å². The lowest BCUT2D eigenvalue weighted by Gasteiger charge is -2.23. The molecule has 3 N–H and O–H groups in total. The first-order chi connectivity index (χ1) is 15.1. The maximum atomic E-state index is 12.7. The Bertz CT molecular complexity index is 968. The van der Waals surface area contributed by atoms with Crippen LogP contribution >= 0.6 is 0 Å². The average Bonchev–Trinajstić information content (AvgIpc) is 2.80. The zero-order valence-corrected chi connectivity index (χ0v) is 17.4. The number of benzene rings is 2. The molecule has 3 rings (SSSR count). The van der Waals surface area contributed by atoms with Gasteiger partial charge >= 0.3 is 11.8 Å². The van der Waals surface area contributed by atoms with Crippen molar-refractivity contribution in [2.45, 2.75) is 38.1 Å². The fourth-order valence-electron chi connectivity index (χ4n) is 3.46. The van der Waals surface area contributed by atoms with Crippen LogP contribution in [-0.2, 0) is 9.59 Å². The summed E-state index contributed by atoms with van der Waals surface area (Å²) in [6, 6.07) is 13.9. The van der Waals surface area contributed by atoms with Gasteiger partial charge in [-0.1, -0.05) is 43.5 Å². The lowest BCUT2D eigenvalue weighted by atomic mass is 9.95. The quantitative estimate of drug-likeness (QED) is 0.378. The molecule has 1 aliphatic carbocycles. The number of methoxy groups -OCH3 is 1. The summed E-state index contributed by atoms with van der Waals surface area (Å²) in [6.07, 6.45) is 6.67. The number of carbonyl (C=O) groups excluding carboxylic acids is 3. The maximum Gasteiger partial charge on any atom is 0.329 e. The van der Waals surface area contributed by atoms with E-state index in [4.69, 9.17) is 4.74 Å². The summed E-state index contributed by atoms with van der Waals surface area (Å²) in [4.78, 5) is 37.1. The third-order valence-electron chi connectivity index (χ3n) is 5.08. The Balaban J connectivity index is 1.60. The van der Waals surface area contributed by atoms with Crippen LogP contribution < -0.4 is 20.8 Å². The normalized spacial score (nSPS) is 14.1. The molecule has 1 fully saturated rings. The molecule has 162 valence electrons. The molecule has 31 heavy (non-hydrogen) atoms. The van der Waals surface area contributed by atoms with Crippen LogP contribution in [0, 0.1) is 0 Å². The first-order valence-electron chi connectivity index (χ1n) is 10.3. The van der Waals surface area contributed by atoms with Gasteiger partial charge in [0.1, 0.15) is 5.75 Å². The van der Waals surface area contributed by atoms with Crippen LogP contribution in [0.4, 0.5) is 5.69 Å². The van der Waals surface area contributed by atoms with Gasteiger partial charge in [0.25, 0.3) is 5.91 Å². The summed E-state index contributed by atoms with van der Waals surface area (Å²) in [6.45, 7) is 0. The van der Waals surface area contributed by atoms with Crippen molar-refractivity contribution >= 4 is 29.6 Å². The zero-order chi connectivity index (χ0) is 22.1. The number of amides is 3. The van der Waals surface area contributed by atoms with Gasteiger partial charge < -0.3 is 15.4 Å². The van der Waals surface area contributed by atoms with E-state index in [0.29, 0.717) is 16.9 Å². The van der Waals surface area contributed by atoms with Crippen LogP contribution in [0.2, 0.25) is 0 Å². The van der Waals surface area contributed by atoms with Crippen LogP contribution in [0.3, 0.4) is 0 Å². The van der Waals surface area contributed by atoms with Crippen molar-refractivity contribution in [1.29, 1.82) is 0 Å². The van der Waals surface area contributed by atoms with Gasteiger partial charge in [0.2, 0.25) is 0 Å². The highest BCUT2D eigenvalue weighted by molar-refractivity contribution is 6.40. The molecule has 0 aromatic heterocycles. The number of ether oxygens (including phenoxy) is 1. The smallest absolute Gasteiger partial charge is 0.329 e. The summed E-state index contributed by atoms with van der Waals surface area (Å²) in [5.41, 5.74) is 3.41. The van der Waals surface area contributed by atoms with Crippen molar-refractivity contribution in [3.8, 4) is 5.75 Å². The first-order valence-corrected chi connectivity index (χ1v) is 10.3. The van der Waals surface area contributed by atoms with Gasteiger partial charge in [0.15, 0.2) is 0 Å². The van der Waals surface area contributed by atoms with Crippen molar-refractivity contribution in [3.63, 3.8) is 0 Å². The molecule has 0 radical (unpaired) electrons. The Morgan fingerprint density at radius 2 is 1.68 bits per heavy atom. The number of hydrogen-bond donors (Lipinski definition) is 3. The van der Waals surface area contributed by atoms with Crippen molar-refractivity contribution < 1.29 is 19.1 Å². The standard InChI is InChI=1S/C23H26N4O4/c1-31-20-14-8-5-9-16(20)15-24-27-23(30)22(29)26-19-13-7-6-12-18(19)21(28)25-17-10-3-2-4-11-17/h5-9,12-15,17H,2-4,10-11H2,1H3,(H,25,28)(H,26,29)(H,27,30)/b24-15-. The van der Waals surface area contributed by atoms with E-state index in [1.807, 2.05) is 6.07 Å². The Kier molecular flexibility index (Phi) is 7.75. The summed E-state index contributed by atoms with van der Waals surface area (Å²) in [7, 11) is 1.53. The topological polar surface area (TPSA) is 109 Å². The van der Waals surface area contributed by atoms with Crippen molar-refractivity contribution in [2.75, 3.05) is 12.4 Å². The lowest BCUT2D eigenvalue weighted by Crippen LogP contribution is -2.37. The van der Waals surface area contributed by atoms with Gasteiger partial charge in [-0.05, 0) is 37.1 Å². The van der Waals surface area contributed by atoms with Crippen LogP contribution in [-0.4, -0.2) is 37.1 Å². The van der Waals surface area contributed by atoms with Crippen LogP contribution in [0.1, 0.15) is 48.0 Å². The molecule has 0 atom stereocenters. The molecule has 2 aromatic rings. The fraction of sp³-hybridized carbons (Fsp3) is 0.304. The SMILES string of the molecule is COc1ccccc1/C=N\NC(=O)C(=O)Nc1ccccc1C(=O)NC1CCCCC1. The molecule has 0 bridgehead atoms. The number of para-hydroxylation sites is 2. The minimum Gasteiger partial charge on any atom is -0.496 e.